The highest BCUT2D eigenvalue weighted by Crippen LogP contribution is 2.33. The molecule has 1 amide bonds. The van der Waals surface area contributed by atoms with Crippen molar-refractivity contribution in [2.24, 2.45) is 0 Å². The van der Waals surface area contributed by atoms with Gasteiger partial charge in [0.25, 0.3) is 11.7 Å². The highest BCUT2D eigenvalue weighted by Gasteiger charge is 2.36. The molecular formula is C15H10ClFN2O2. The van der Waals surface area contributed by atoms with Crippen LogP contribution in [-0.2, 0) is 11.2 Å². The van der Waals surface area contributed by atoms with E-state index in [2.05, 4.69) is 4.98 Å². The third kappa shape index (κ3) is 2.40. The predicted octanol–water partition coefficient (Wildman–Crippen LogP) is 2.65. The number of ketones is 1. The van der Waals surface area contributed by atoms with Crippen LogP contribution in [0.2, 0.25) is 5.02 Å². The van der Waals surface area contributed by atoms with Crippen LogP contribution in [0.5, 0.6) is 0 Å². The molecule has 0 saturated carbocycles. The molecule has 0 fully saturated rings. The van der Waals surface area contributed by atoms with Crippen molar-refractivity contribution in [1.82, 2.24) is 4.98 Å². The maximum Gasteiger partial charge on any atom is 0.299 e. The third-order valence-corrected chi connectivity index (χ3v) is 3.68. The minimum absolute atomic E-state index is 0.154. The van der Waals surface area contributed by atoms with Crippen LogP contribution < -0.4 is 4.90 Å². The first-order valence-electron chi connectivity index (χ1n) is 6.32. The van der Waals surface area contributed by atoms with Gasteiger partial charge in [0, 0.05) is 18.9 Å². The monoisotopic (exact) mass is 304 g/mol. The van der Waals surface area contributed by atoms with Gasteiger partial charge in [-0.1, -0.05) is 11.6 Å². The lowest BCUT2D eigenvalue weighted by Crippen LogP contribution is -2.31. The lowest BCUT2D eigenvalue weighted by molar-refractivity contribution is -0.114. The molecule has 106 valence electrons. The molecule has 1 aliphatic heterocycles. The second-order valence-electron chi connectivity index (χ2n) is 4.67. The van der Waals surface area contributed by atoms with E-state index in [0.717, 1.165) is 11.6 Å². The molecule has 0 bridgehead atoms. The van der Waals surface area contributed by atoms with E-state index in [1.807, 2.05) is 12.1 Å². The van der Waals surface area contributed by atoms with Crippen molar-refractivity contribution in [3.63, 3.8) is 0 Å². The summed E-state index contributed by atoms with van der Waals surface area (Å²) in [5.41, 5.74) is 1.41. The fourth-order valence-corrected chi connectivity index (χ4v) is 2.46. The van der Waals surface area contributed by atoms with E-state index in [-0.39, 0.29) is 16.3 Å². The quantitative estimate of drug-likeness (QED) is 0.819. The fraction of sp³-hybridized carbons (Fsp3) is 0.133. The number of pyridine rings is 1. The summed E-state index contributed by atoms with van der Waals surface area (Å²) in [6.45, 7) is 0.294. The van der Waals surface area contributed by atoms with Gasteiger partial charge in [-0.15, -0.1) is 0 Å². The maximum atomic E-state index is 13.6. The first kappa shape index (κ1) is 13.7. The summed E-state index contributed by atoms with van der Waals surface area (Å²) in [5, 5.41) is -0.161. The maximum absolute atomic E-state index is 13.6. The number of benzene rings is 1. The van der Waals surface area contributed by atoms with Crippen LogP contribution in [0.15, 0.2) is 36.7 Å². The predicted molar refractivity (Wildman–Crippen MR) is 76.0 cm³/mol. The van der Waals surface area contributed by atoms with Crippen LogP contribution in [0.1, 0.15) is 15.9 Å². The van der Waals surface area contributed by atoms with Crippen LogP contribution in [0, 0.1) is 5.82 Å². The molecule has 0 spiro atoms. The number of amides is 1. The number of halogens is 2. The topological polar surface area (TPSA) is 50.3 Å². The number of rotatable bonds is 3. The van der Waals surface area contributed by atoms with E-state index in [0.29, 0.717) is 13.0 Å². The molecule has 2 aromatic rings. The molecule has 3 rings (SSSR count). The van der Waals surface area contributed by atoms with Crippen LogP contribution >= 0.6 is 11.6 Å². The van der Waals surface area contributed by atoms with E-state index < -0.39 is 17.5 Å². The number of Topliss-reactive ketones (excluding diaryl/α,β-unsaturated/α-hetero) is 1. The Morgan fingerprint density at radius 3 is 2.62 bits per heavy atom. The molecule has 21 heavy (non-hydrogen) atoms. The molecule has 0 aliphatic carbocycles. The van der Waals surface area contributed by atoms with Crippen molar-refractivity contribution in [2.75, 3.05) is 11.4 Å². The Bertz CT molecular complexity index is 734. The Hall–Kier alpha value is -2.27. The Labute approximate surface area is 125 Å². The van der Waals surface area contributed by atoms with Gasteiger partial charge in [0.2, 0.25) is 0 Å². The first-order valence-corrected chi connectivity index (χ1v) is 6.70. The van der Waals surface area contributed by atoms with E-state index >= 15 is 0 Å². The molecule has 0 unspecified atom stereocenters. The van der Waals surface area contributed by atoms with E-state index in [1.165, 1.54) is 11.0 Å². The second kappa shape index (κ2) is 5.26. The van der Waals surface area contributed by atoms with Crippen molar-refractivity contribution in [3.05, 3.63) is 58.6 Å². The summed E-state index contributed by atoms with van der Waals surface area (Å²) in [7, 11) is 0. The first-order chi connectivity index (χ1) is 10.1. The van der Waals surface area contributed by atoms with E-state index in [9.17, 15) is 14.0 Å². The largest absolute Gasteiger partial charge is 0.304 e. The van der Waals surface area contributed by atoms with Gasteiger partial charge in [0.15, 0.2) is 0 Å². The summed E-state index contributed by atoms with van der Waals surface area (Å²) in [6.07, 6.45) is 3.85. The zero-order chi connectivity index (χ0) is 15.0. The molecular weight excluding hydrogens is 295 g/mol. The van der Waals surface area contributed by atoms with Crippen LogP contribution in [0.3, 0.4) is 0 Å². The molecule has 6 heteroatoms. The molecule has 2 heterocycles. The van der Waals surface area contributed by atoms with Crippen LogP contribution in [0.4, 0.5) is 10.1 Å². The van der Waals surface area contributed by atoms with Crippen molar-refractivity contribution in [3.8, 4) is 0 Å². The average Bonchev–Trinajstić information content (AvgIpc) is 2.71. The lowest BCUT2D eigenvalue weighted by atomic mass is 10.1. The number of carbonyl (C=O) groups is 2. The standard InChI is InChI=1S/C15H10ClFN2O2/c16-11-7-10-13(8-12(11)17)19(15(21)14(10)20)6-3-9-1-4-18-5-2-9/h1-2,4-5,7-8H,3,6H2. The molecule has 0 N–H and O–H groups in total. The Morgan fingerprint density at radius 2 is 1.90 bits per heavy atom. The number of carbonyl (C=O) groups excluding carboxylic acids is 2. The van der Waals surface area contributed by atoms with Gasteiger partial charge in [-0.25, -0.2) is 4.39 Å². The van der Waals surface area contributed by atoms with Crippen molar-refractivity contribution in [2.45, 2.75) is 6.42 Å². The van der Waals surface area contributed by atoms with Gasteiger partial charge in [-0.2, -0.15) is 0 Å². The van der Waals surface area contributed by atoms with Gasteiger partial charge in [0.1, 0.15) is 5.82 Å². The number of anilines is 1. The summed E-state index contributed by atoms with van der Waals surface area (Å²) < 4.78 is 13.6. The van der Waals surface area contributed by atoms with Gasteiger partial charge in [-0.05, 0) is 36.2 Å². The minimum Gasteiger partial charge on any atom is -0.304 e. The summed E-state index contributed by atoms with van der Waals surface area (Å²) in [4.78, 5) is 29.1. The van der Waals surface area contributed by atoms with Crippen molar-refractivity contribution in [1.29, 1.82) is 0 Å². The van der Waals surface area contributed by atoms with Gasteiger partial charge < -0.3 is 4.90 Å². The minimum atomic E-state index is -0.652. The molecule has 4 nitrogen and oxygen atoms in total. The highest BCUT2D eigenvalue weighted by atomic mass is 35.5. The molecule has 1 aromatic heterocycles. The Morgan fingerprint density at radius 1 is 1.19 bits per heavy atom. The summed E-state index contributed by atoms with van der Waals surface area (Å²) >= 11 is 5.66. The Kier molecular flexibility index (Phi) is 3.43. The normalized spacial score (nSPS) is 13.7. The van der Waals surface area contributed by atoms with Crippen LogP contribution in [-0.4, -0.2) is 23.2 Å². The third-order valence-electron chi connectivity index (χ3n) is 3.39. The molecule has 1 aliphatic rings. The number of fused-ring (bicyclic) bond motifs is 1. The number of nitrogens with zero attached hydrogens (tertiary/aromatic N) is 2. The van der Waals surface area contributed by atoms with Crippen molar-refractivity contribution >= 4 is 29.0 Å². The zero-order valence-electron chi connectivity index (χ0n) is 10.8. The number of aromatic nitrogens is 1. The summed E-state index contributed by atoms with van der Waals surface area (Å²) in [6, 6.07) is 5.99. The van der Waals surface area contributed by atoms with E-state index in [1.54, 1.807) is 12.4 Å². The molecule has 1 aromatic carbocycles. The van der Waals surface area contributed by atoms with Gasteiger partial charge in [-0.3, -0.25) is 14.6 Å². The Balaban J connectivity index is 1.89. The highest BCUT2D eigenvalue weighted by molar-refractivity contribution is 6.52. The fourth-order valence-electron chi connectivity index (χ4n) is 2.30. The van der Waals surface area contributed by atoms with Crippen LogP contribution in [0.25, 0.3) is 0 Å². The molecule has 0 radical (unpaired) electrons. The van der Waals surface area contributed by atoms with Gasteiger partial charge >= 0.3 is 0 Å². The molecule has 0 saturated heterocycles. The summed E-state index contributed by atoms with van der Waals surface area (Å²) in [5.74, 6) is -1.95. The zero-order valence-corrected chi connectivity index (χ0v) is 11.6. The SMILES string of the molecule is O=C1C(=O)N(CCc2ccncc2)c2cc(F)c(Cl)cc21. The van der Waals surface area contributed by atoms with Gasteiger partial charge in [0.05, 0.1) is 16.3 Å². The second-order valence-corrected chi connectivity index (χ2v) is 5.08. The van der Waals surface area contributed by atoms with Crippen molar-refractivity contribution < 1.29 is 14.0 Å². The number of hydrogen-bond acceptors (Lipinski definition) is 3. The van der Waals surface area contributed by atoms with E-state index in [4.69, 9.17) is 11.6 Å². The molecule has 0 atom stereocenters. The smallest absolute Gasteiger partial charge is 0.299 e. The average molecular weight is 305 g/mol. The lowest BCUT2D eigenvalue weighted by Gasteiger charge is -2.16. The number of hydrogen-bond donors (Lipinski definition) is 0.